The summed E-state index contributed by atoms with van der Waals surface area (Å²) in [6.45, 7) is 4.35. The van der Waals surface area contributed by atoms with Crippen LogP contribution in [-0.4, -0.2) is 6.54 Å². The first-order valence-corrected chi connectivity index (χ1v) is 7.47. The van der Waals surface area contributed by atoms with Crippen molar-refractivity contribution in [3.63, 3.8) is 0 Å². The summed E-state index contributed by atoms with van der Waals surface area (Å²) in [5.41, 5.74) is 1.96. The lowest BCUT2D eigenvalue weighted by Crippen LogP contribution is -2.21. The highest BCUT2D eigenvalue weighted by Crippen LogP contribution is 2.30. The van der Waals surface area contributed by atoms with Crippen LogP contribution >= 0.6 is 0 Å². The zero-order valence-electron chi connectivity index (χ0n) is 11.9. The summed E-state index contributed by atoms with van der Waals surface area (Å²) in [6.07, 6.45) is 6.95. The minimum atomic E-state index is 0.750. The molecule has 0 radical (unpaired) electrons. The Morgan fingerprint density at radius 2 is 2.26 bits per heavy atom. The number of benzene rings is 1. The molecule has 2 rings (SSSR count). The van der Waals surface area contributed by atoms with Gasteiger partial charge in [-0.3, -0.25) is 0 Å². The lowest BCUT2D eigenvalue weighted by molar-refractivity contribution is 0.267. The Morgan fingerprint density at radius 3 is 3.05 bits per heavy atom. The minimum absolute atomic E-state index is 0.750. The van der Waals surface area contributed by atoms with Crippen molar-refractivity contribution in [2.75, 3.05) is 6.54 Å². The summed E-state index contributed by atoms with van der Waals surface area (Å²) in [5, 5.41) is 12.4. The van der Waals surface area contributed by atoms with Gasteiger partial charge >= 0.3 is 0 Å². The van der Waals surface area contributed by atoms with Crippen molar-refractivity contribution in [3.8, 4) is 6.07 Å². The monoisotopic (exact) mass is 256 g/mol. The van der Waals surface area contributed by atoms with E-state index in [2.05, 4.69) is 24.4 Å². The molecule has 2 heteroatoms. The third-order valence-electron chi connectivity index (χ3n) is 4.16. The van der Waals surface area contributed by atoms with E-state index in [1.807, 2.05) is 18.2 Å². The fraction of sp³-hybridized carbons (Fsp3) is 0.588. The van der Waals surface area contributed by atoms with Gasteiger partial charge in [-0.2, -0.15) is 5.26 Å². The van der Waals surface area contributed by atoms with Crippen LogP contribution in [0.15, 0.2) is 24.3 Å². The van der Waals surface area contributed by atoms with Gasteiger partial charge in [0.2, 0.25) is 0 Å². The summed E-state index contributed by atoms with van der Waals surface area (Å²) in [4.78, 5) is 0. The molecule has 1 aliphatic rings. The minimum Gasteiger partial charge on any atom is -0.313 e. The van der Waals surface area contributed by atoms with Crippen LogP contribution < -0.4 is 5.32 Å². The van der Waals surface area contributed by atoms with E-state index in [1.165, 1.54) is 37.7 Å². The van der Waals surface area contributed by atoms with E-state index in [-0.39, 0.29) is 0 Å². The normalized spacial score (nSPS) is 22.9. The molecule has 1 saturated carbocycles. The molecule has 2 unspecified atom stereocenters. The third kappa shape index (κ3) is 4.69. The zero-order valence-corrected chi connectivity index (χ0v) is 11.9. The number of hydrogen-bond acceptors (Lipinski definition) is 2. The molecule has 2 atom stereocenters. The van der Waals surface area contributed by atoms with Gasteiger partial charge in [0.25, 0.3) is 0 Å². The van der Waals surface area contributed by atoms with Crippen molar-refractivity contribution in [1.82, 2.24) is 5.32 Å². The molecular weight excluding hydrogens is 232 g/mol. The van der Waals surface area contributed by atoms with E-state index in [0.717, 1.165) is 30.5 Å². The van der Waals surface area contributed by atoms with Gasteiger partial charge in [0.1, 0.15) is 0 Å². The van der Waals surface area contributed by atoms with Gasteiger partial charge in [-0.25, -0.2) is 0 Å². The highest BCUT2D eigenvalue weighted by atomic mass is 14.8. The molecule has 0 aliphatic heterocycles. The Morgan fingerprint density at radius 1 is 1.37 bits per heavy atom. The lowest BCUT2D eigenvalue weighted by atomic mass is 9.81. The number of nitriles is 1. The Balaban J connectivity index is 1.67. The topological polar surface area (TPSA) is 35.8 Å². The van der Waals surface area contributed by atoms with Crippen LogP contribution in [0.4, 0.5) is 0 Å². The van der Waals surface area contributed by atoms with Gasteiger partial charge in [-0.05, 0) is 48.9 Å². The molecule has 0 spiro atoms. The molecule has 19 heavy (non-hydrogen) atoms. The fourth-order valence-electron chi connectivity index (χ4n) is 3.11. The van der Waals surface area contributed by atoms with Crippen molar-refractivity contribution >= 4 is 0 Å². The number of rotatable bonds is 5. The summed E-state index contributed by atoms with van der Waals surface area (Å²) in [7, 11) is 0. The molecule has 1 aliphatic carbocycles. The maximum Gasteiger partial charge on any atom is 0.0991 e. The molecule has 1 N–H and O–H groups in total. The first-order valence-electron chi connectivity index (χ1n) is 7.47. The van der Waals surface area contributed by atoms with E-state index in [1.54, 1.807) is 0 Å². The van der Waals surface area contributed by atoms with Crippen LogP contribution in [0, 0.1) is 23.2 Å². The van der Waals surface area contributed by atoms with Crippen LogP contribution in [-0.2, 0) is 6.54 Å². The first-order chi connectivity index (χ1) is 9.28. The van der Waals surface area contributed by atoms with Crippen molar-refractivity contribution in [2.45, 2.75) is 45.6 Å². The third-order valence-corrected chi connectivity index (χ3v) is 4.16. The van der Waals surface area contributed by atoms with Gasteiger partial charge in [0.15, 0.2) is 0 Å². The molecule has 1 fully saturated rings. The molecule has 1 aromatic carbocycles. The predicted molar refractivity (Wildman–Crippen MR) is 78.6 cm³/mol. The average molecular weight is 256 g/mol. The molecule has 0 amide bonds. The fourth-order valence-corrected chi connectivity index (χ4v) is 3.11. The van der Waals surface area contributed by atoms with Crippen LogP contribution in [0.1, 0.15) is 50.2 Å². The summed E-state index contributed by atoms with van der Waals surface area (Å²) in [6, 6.07) is 10.0. The van der Waals surface area contributed by atoms with Crippen LogP contribution in [0.3, 0.4) is 0 Å². The SMILES string of the molecule is CC1CCCC(CCNCc2cccc(C#N)c2)C1. The number of hydrogen-bond donors (Lipinski definition) is 1. The van der Waals surface area contributed by atoms with E-state index >= 15 is 0 Å². The quantitative estimate of drug-likeness (QED) is 0.812. The van der Waals surface area contributed by atoms with Gasteiger partial charge < -0.3 is 5.32 Å². The van der Waals surface area contributed by atoms with E-state index in [0.29, 0.717) is 0 Å². The molecule has 2 nitrogen and oxygen atoms in total. The standard InChI is InChI=1S/C17H24N2/c1-14-4-2-5-15(10-14)8-9-19-13-17-7-3-6-16(11-17)12-18/h3,6-7,11,14-15,19H,2,4-5,8-10,13H2,1H3. The molecule has 0 bridgehead atoms. The first kappa shape index (κ1) is 14.1. The van der Waals surface area contributed by atoms with E-state index in [4.69, 9.17) is 5.26 Å². The van der Waals surface area contributed by atoms with Crippen molar-refractivity contribution in [1.29, 1.82) is 5.26 Å². The Bertz CT molecular complexity index is 433. The highest BCUT2D eigenvalue weighted by molar-refractivity contribution is 5.32. The molecule has 102 valence electrons. The zero-order chi connectivity index (χ0) is 13.5. The van der Waals surface area contributed by atoms with Gasteiger partial charge in [-0.15, -0.1) is 0 Å². The highest BCUT2D eigenvalue weighted by Gasteiger charge is 2.17. The summed E-state index contributed by atoms with van der Waals surface area (Å²) >= 11 is 0. The second-order valence-electron chi connectivity index (χ2n) is 5.92. The number of nitrogens with zero attached hydrogens (tertiary/aromatic N) is 1. The van der Waals surface area contributed by atoms with Crippen molar-refractivity contribution in [2.24, 2.45) is 11.8 Å². The number of nitrogens with one attached hydrogen (secondary N) is 1. The predicted octanol–water partition coefficient (Wildman–Crippen LogP) is 3.86. The largest absolute Gasteiger partial charge is 0.313 e. The van der Waals surface area contributed by atoms with Crippen molar-refractivity contribution < 1.29 is 0 Å². The smallest absolute Gasteiger partial charge is 0.0991 e. The maximum absolute atomic E-state index is 8.86. The summed E-state index contributed by atoms with van der Waals surface area (Å²) < 4.78 is 0. The van der Waals surface area contributed by atoms with Gasteiger partial charge in [0, 0.05) is 6.54 Å². The molecule has 0 saturated heterocycles. The second kappa shape index (κ2) is 7.31. The van der Waals surface area contributed by atoms with Crippen molar-refractivity contribution in [3.05, 3.63) is 35.4 Å². The maximum atomic E-state index is 8.86. The average Bonchev–Trinajstić information content (AvgIpc) is 2.44. The van der Waals surface area contributed by atoms with Gasteiger partial charge in [-0.1, -0.05) is 38.3 Å². The molecular formula is C17H24N2. The van der Waals surface area contributed by atoms with E-state index in [9.17, 15) is 0 Å². The Hall–Kier alpha value is -1.33. The molecule has 0 heterocycles. The Labute approximate surface area is 116 Å². The van der Waals surface area contributed by atoms with Crippen LogP contribution in [0.25, 0.3) is 0 Å². The summed E-state index contributed by atoms with van der Waals surface area (Å²) in [5.74, 6) is 1.84. The lowest BCUT2D eigenvalue weighted by Gasteiger charge is -2.26. The van der Waals surface area contributed by atoms with Crippen LogP contribution in [0.5, 0.6) is 0 Å². The van der Waals surface area contributed by atoms with Gasteiger partial charge in [0.05, 0.1) is 11.6 Å². The Kier molecular flexibility index (Phi) is 5.42. The molecule has 1 aromatic rings. The van der Waals surface area contributed by atoms with E-state index < -0.39 is 0 Å². The molecule has 0 aromatic heterocycles. The second-order valence-corrected chi connectivity index (χ2v) is 5.92. The van der Waals surface area contributed by atoms with Crippen LogP contribution in [0.2, 0.25) is 0 Å².